The van der Waals surface area contributed by atoms with Gasteiger partial charge in [0.1, 0.15) is 6.10 Å². The summed E-state index contributed by atoms with van der Waals surface area (Å²) >= 11 is 0. The van der Waals surface area contributed by atoms with E-state index in [9.17, 15) is 14.7 Å². The van der Waals surface area contributed by atoms with Crippen LogP contribution in [-0.4, -0.2) is 46.5 Å². The number of nitrogens with one attached hydrogen (secondary N) is 1. The average Bonchev–Trinajstić information content (AvgIpc) is 2.87. The van der Waals surface area contributed by atoms with E-state index in [1.807, 2.05) is 48.5 Å². The van der Waals surface area contributed by atoms with Crippen LogP contribution in [0, 0.1) is 5.92 Å². The summed E-state index contributed by atoms with van der Waals surface area (Å²) in [6.07, 6.45) is 0.969. The molecular weight excluding hydrogens is 318 g/mol. The number of nitrogens with zero attached hydrogens (tertiary/aromatic N) is 2. The molecule has 1 saturated heterocycles. The van der Waals surface area contributed by atoms with Gasteiger partial charge in [-0.2, -0.15) is 0 Å². The van der Waals surface area contributed by atoms with Crippen LogP contribution < -0.4 is 5.32 Å². The second kappa shape index (κ2) is 7.44. The number of hydrogen-bond acceptors (Lipinski definition) is 4. The maximum Gasteiger partial charge on any atom is 0.252 e. The fraction of sp³-hybridized carbons (Fsp3) is 0.316. The zero-order valence-electron chi connectivity index (χ0n) is 14.0. The van der Waals surface area contributed by atoms with E-state index in [0.717, 1.165) is 11.3 Å². The summed E-state index contributed by atoms with van der Waals surface area (Å²) in [5, 5.41) is 13.1. The van der Waals surface area contributed by atoms with Gasteiger partial charge in [0.05, 0.1) is 12.0 Å². The standard InChI is InChI=1S/C19H21N3O3/c1-22-16(13-7-3-2-4-8-13)15(17(23)19(22)25)18(24)21-12-10-14-9-5-6-11-20-14/h2-9,11,15-17,23H,10,12H2,1H3,(H,21,24)/t15-,16-,17-/m1/s1. The maximum absolute atomic E-state index is 12.7. The van der Waals surface area contributed by atoms with Gasteiger partial charge in [0.25, 0.3) is 5.91 Å². The number of likely N-dealkylation sites (N-methyl/N-ethyl adjacent to an activating group) is 1. The molecule has 0 bridgehead atoms. The average molecular weight is 339 g/mol. The number of carbonyl (C=O) groups excluding carboxylic acids is 2. The van der Waals surface area contributed by atoms with Crippen molar-refractivity contribution in [2.75, 3.05) is 13.6 Å². The molecule has 0 saturated carbocycles. The molecule has 3 rings (SSSR count). The topological polar surface area (TPSA) is 82.5 Å². The summed E-state index contributed by atoms with van der Waals surface area (Å²) in [5.74, 6) is -1.59. The molecule has 0 radical (unpaired) electrons. The van der Waals surface area contributed by atoms with Crippen molar-refractivity contribution in [1.29, 1.82) is 0 Å². The van der Waals surface area contributed by atoms with Gasteiger partial charge in [0.2, 0.25) is 5.91 Å². The van der Waals surface area contributed by atoms with Crippen LogP contribution in [0.25, 0.3) is 0 Å². The van der Waals surface area contributed by atoms with Crippen LogP contribution >= 0.6 is 0 Å². The molecule has 2 amide bonds. The number of aromatic nitrogens is 1. The molecule has 130 valence electrons. The normalized spacial score (nSPS) is 22.9. The highest BCUT2D eigenvalue weighted by Gasteiger charge is 2.49. The Morgan fingerprint density at radius 1 is 1.20 bits per heavy atom. The van der Waals surface area contributed by atoms with E-state index in [1.54, 1.807) is 13.2 Å². The van der Waals surface area contributed by atoms with E-state index in [1.165, 1.54) is 4.90 Å². The fourth-order valence-corrected chi connectivity index (χ4v) is 3.26. The fourth-order valence-electron chi connectivity index (χ4n) is 3.26. The van der Waals surface area contributed by atoms with Gasteiger partial charge in [-0.15, -0.1) is 0 Å². The molecule has 1 aromatic carbocycles. The molecule has 2 N–H and O–H groups in total. The first-order valence-electron chi connectivity index (χ1n) is 8.27. The van der Waals surface area contributed by atoms with E-state index in [2.05, 4.69) is 10.3 Å². The van der Waals surface area contributed by atoms with Crippen LogP contribution in [-0.2, 0) is 16.0 Å². The molecule has 25 heavy (non-hydrogen) atoms. The van der Waals surface area contributed by atoms with Gasteiger partial charge in [-0.25, -0.2) is 0 Å². The van der Waals surface area contributed by atoms with Crippen LogP contribution in [0.3, 0.4) is 0 Å². The lowest BCUT2D eigenvalue weighted by molar-refractivity contribution is -0.137. The third-order valence-corrected chi connectivity index (χ3v) is 4.55. The Kier molecular flexibility index (Phi) is 5.09. The van der Waals surface area contributed by atoms with Gasteiger partial charge in [0.15, 0.2) is 0 Å². The highest BCUT2D eigenvalue weighted by atomic mass is 16.3. The number of benzene rings is 1. The summed E-state index contributed by atoms with van der Waals surface area (Å²) in [6.45, 7) is 0.401. The van der Waals surface area contributed by atoms with Crippen molar-refractivity contribution in [2.45, 2.75) is 18.6 Å². The quantitative estimate of drug-likeness (QED) is 0.849. The number of rotatable bonds is 5. The molecule has 1 aromatic heterocycles. The minimum Gasteiger partial charge on any atom is -0.382 e. The number of aliphatic hydroxyl groups is 1. The number of pyridine rings is 1. The Morgan fingerprint density at radius 2 is 1.92 bits per heavy atom. The van der Waals surface area contributed by atoms with Gasteiger partial charge in [-0.1, -0.05) is 36.4 Å². The first-order chi connectivity index (χ1) is 12.1. The minimum atomic E-state index is -1.33. The van der Waals surface area contributed by atoms with Gasteiger partial charge >= 0.3 is 0 Å². The molecule has 0 spiro atoms. The second-order valence-corrected chi connectivity index (χ2v) is 6.14. The minimum absolute atomic E-state index is 0.324. The molecule has 1 fully saturated rings. The van der Waals surface area contributed by atoms with Crippen molar-refractivity contribution in [1.82, 2.24) is 15.2 Å². The van der Waals surface area contributed by atoms with Crippen molar-refractivity contribution in [3.8, 4) is 0 Å². The SMILES string of the molecule is CN1C(=O)[C@H](O)[C@H](C(=O)NCCc2ccccn2)[C@H]1c1ccccc1. The van der Waals surface area contributed by atoms with Crippen LogP contribution in [0.15, 0.2) is 54.7 Å². The predicted octanol–water partition coefficient (Wildman–Crippen LogP) is 0.931. The number of carbonyl (C=O) groups is 2. The van der Waals surface area contributed by atoms with Crippen LogP contribution in [0.2, 0.25) is 0 Å². The first kappa shape index (κ1) is 17.1. The summed E-state index contributed by atoms with van der Waals surface area (Å²) in [4.78, 5) is 30.5. The number of likely N-dealkylation sites (tertiary alicyclic amines) is 1. The largest absolute Gasteiger partial charge is 0.382 e. The van der Waals surface area contributed by atoms with E-state index in [0.29, 0.717) is 13.0 Å². The Morgan fingerprint density at radius 3 is 2.60 bits per heavy atom. The summed E-state index contributed by atoms with van der Waals surface area (Å²) in [7, 11) is 1.62. The van der Waals surface area contributed by atoms with E-state index in [4.69, 9.17) is 0 Å². The first-order valence-corrected chi connectivity index (χ1v) is 8.27. The van der Waals surface area contributed by atoms with Gasteiger partial charge in [0, 0.05) is 31.9 Å². The zero-order chi connectivity index (χ0) is 17.8. The van der Waals surface area contributed by atoms with Crippen LogP contribution in [0.5, 0.6) is 0 Å². The van der Waals surface area contributed by atoms with E-state index >= 15 is 0 Å². The molecular formula is C19H21N3O3. The zero-order valence-corrected chi connectivity index (χ0v) is 14.0. The third-order valence-electron chi connectivity index (χ3n) is 4.55. The van der Waals surface area contributed by atoms with E-state index < -0.39 is 24.0 Å². The number of amides is 2. The maximum atomic E-state index is 12.7. The molecule has 1 aliphatic rings. The Hall–Kier alpha value is -2.73. The molecule has 6 nitrogen and oxygen atoms in total. The van der Waals surface area contributed by atoms with Crippen molar-refractivity contribution in [2.24, 2.45) is 5.92 Å². The summed E-state index contributed by atoms with van der Waals surface area (Å²) in [6, 6.07) is 14.5. The number of hydrogen-bond donors (Lipinski definition) is 2. The van der Waals surface area contributed by atoms with Gasteiger partial charge < -0.3 is 15.3 Å². The highest BCUT2D eigenvalue weighted by molar-refractivity contribution is 5.93. The molecule has 0 aliphatic carbocycles. The summed E-state index contributed by atoms with van der Waals surface area (Å²) < 4.78 is 0. The van der Waals surface area contributed by atoms with Crippen LogP contribution in [0.1, 0.15) is 17.3 Å². The molecule has 2 aromatic rings. The monoisotopic (exact) mass is 339 g/mol. The lowest BCUT2D eigenvalue weighted by Crippen LogP contribution is -2.39. The lowest BCUT2D eigenvalue weighted by Gasteiger charge is -2.24. The summed E-state index contributed by atoms with van der Waals surface area (Å²) in [5.41, 5.74) is 1.71. The van der Waals surface area contributed by atoms with Crippen molar-refractivity contribution in [3.63, 3.8) is 0 Å². The predicted molar refractivity (Wildman–Crippen MR) is 92.4 cm³/mol. The molecule has 0 unspecified atom stereocenters. The van der Waals surface area contributed by atoms with Crippen molar-refractivity contribution in [3.05, 3.63) is 66.0 Å². The highest BCUT2D eigenvalue weighted by Crippen LogP contribution is 2.37. The molecule has 1 aliphatic heterocycles. The van der Waals surface area contributed by atoms with E-state index in [-0.39, 0.29) is 5.91 Å². The number of aliphatic hydroxyl groups excluding tert-OH is 1. The second-order valence-electron chi connectivity index (χ2n) is 6.14. The smallest absolute Gasteiger partial charge is 0.252 e. The lowest BCUT2D eigenvalue weighted by atomic mass is 9.91. The third kappa shape index (κ3) is 3.53. The van der Waals surface area contributed by atoms with Crippen molar-refractivity contribution < 1.29 is 14.7 Å². The van der Waals surface area contributed by atoms with Crippen LogP contribution in [0.4, 0.5) is 0 Å². The van der Waals surface area contributed by atoms with Gasteiger partial charge in [-0.05, 0) is 17.7 Å². The van der Waals surface area contributed by atoms with Gasteiger partial charge in [-0.3, -0.25) is 14.6 Å². The molecule has 3 atom stereocenters. The molecule has 6 heteroatoms. The molecule has 2 heterocycles. The Labute approximate surface area is 146 Å². The Bertz CT molecular complexity index is 736. The Balaban J connectivity index is 1.71. The van der Waals surface area contributed by atoms with Crippen molar-refractivity contribution >= 4 is 11.8 Å².